The van der Waals surface area contributed by atoms with E-state index in [-0.39, 0.29) is 5.91 Å². The summed E-state index contributed by atoms with van der Waals surface area (Å²) in [6, 6.07) is 12.2. The minimum Gasteiger partial charge on any atom is -0.370 e. The number of carbonyl (C=O) groups excluding carboxylic acids is 1. The Kier molecular flexibility index (Phi) is 6.26. The minimum absolute atomic E-state index is 0.00817. The average Bonchev–Trinajstić information content (AvgIpc) is 2.96. The van der Waals surface area contributed by atoms with Crippen molar-refractivity contribution in [2.24, 2.45) is 0 Å². The number of thiophene rings is 1. The zero-order valence-corrected chi connectivity index (χ0v) is 14.8. The Morgan fingerprint density at radius 3 is 2.58 bits per heavy atom. The molecule has 0 atom stereocenters. The summed E-state index contributed by atoms with van der Waals surface area (Å²) >= 11 is 1.70. The number of rotatable bonds is 6. The maximum atomic E-state index is 12.3. The average molecular weight is 343 g/mol. The molecule has 128 valence electrons. The summed E-state index contributed by atoms with van der Waals surface area (Å²) in [5, 5.41) is 8.32. The fraction of sp³-hybridized carbons (Fsp3) is 0.421. The zero-order valence-electron chi connectivity index (χ0n) is 14.0. The molecule has 24 heavy (non-hydrogen) atoms. The van der Waals surface area contributed by atoms with E-state index in [2.05, 4.69) is 33.0 Å². The maximum absolute atomic E-state index is 12.3. The topological polar surface area (TPSA) is 44.4 Å². The van der Waals surface area contributed by atoms with Gasteiger partial charge in [-0.3, -0.25) is 4.79 Å². The first-order chi connectivity index (χ1) is 11.8. The van der Waals surface area contributed by atoms with Gasteiger partial charge in [0.2, 0.25) is 5.91 Å². The molecule has 4 nitrogen and oxygen atoms in total. The third-order valence-electron chi connectivity index (χ3n) is 4.29. The molecule has 1 aliphatic rings. The third-order valence-corrected chi connectivity index (χ3v) is 5.17. The molecule has 1 aliphatic heterocycles. The van der Waals surface area contributed by atoms with Gasteiger partial charge in [-0.05, 0) is 36.4 Å². The van der Waals surface area contributed by atoms with E-state index in [1.807, 2.05) is 24.3 Å². The molecule has 1 fully saturated rings. The first kappa shape index (κ1) is 17.0. The Hall–Kier alpha value is -1.85. The quantitative estimate of drug-likeness (QED) is 0.837. The van der Waals surface area contributed by atoms with Crippen LogP contribution in [0.3, 0.4) is 0 Å². The molecule has 2 heterocycles. The van der Waals surface area contributed by atoms with Crippen molar-refractivity contribution in [3.8, 4) is 0 Å². The van der Waals surface area contributed by atoms with Gasteiger partial charge >= 0.3 is 0 Å². The van der Waals surface area contributed by atoms with Crippen LogP contribution in [-0.4, -0.2) is 25.5 Å². The SMILES string of the molecule is O=C(CNCc1cccs1)Nc1ccccc1N1CCCCCC1. The van der Waals surface area contributed by atoms with Crippen molar-refractivity contribution in [2.75, 3.05) is 29.9 Å². The Labute approximate surface area is 147 Å². The highest BCUT2D eigenvalue weighted by atomic mass is 32.1. The standard InChI is InChI=1S/C19H25N3OS/c23-19(15-20-14-16-8-7-13-24-16)21-17-9-3-4-10-18(17)22-11-5-1-2-6-12-22/h3-4,7-10,13,20H,1-2,5-6,11-12,14-15H2,(H,21,23). The molecule has 0 bridgehead atoms. The monoisotopic (exact) mass is 343 g/mol. The van der Waals surface area contributed by atoms with E-state index < -0.39 is 0 Å². The second-order valence-electron chi connectivity index (χ2n) is 6.15. The van der Waals surface area contributed by atoms with Crippen LogP contribution >= 0.6 is 11.3 Å². The van der Waals surface area contributed by atoms with Crippen molar-refractivity contribution < 1.29 is 4.79 Å². The van der Waals surface area contributed by atoms with E-state index in [9.17, 15) is 4.79 Å². The molecular weight excluding hydrogens is 318 g/mol. The molecule has 0 saturated carbocycles. The van der Waals surface area contributed by atoms with Gasteiger partial charge in [0.25, 0.3) is 0 Å². The van der Waals surface area contributed by atoms with Gasteiger partial charge in [0.05, 0.1) is 17.9 Å². The van der Waals surface area contributed by atoms with Gasteiger partial charge < -0.3 is 15.5 Å². The fourth-order valence-corrected chi connectivity index (χ4v) is 3.75. The molecule has 0 spiro atoms. The Morgan fingerprint density at radius 2 is 1.83 bits per heavy atom. The minimum atomic E-state index is 0.00817. The Balaban J connectivity index is 1.56. The summed E-state index contributed by atoms with van der Waals surface area (Å²) in [7, 11) is 0. The van der Waals surface area contributed by atoms with Gasteiger partial charge in [0.1, 0.15) is 0 Å². The predicted octanol–water partition coefficient (Wildman–Crippen LogP) is 3.86. The zero-order chi connectivity index (χ0) is 16.6. The maximum Gasteiger partial charge on any atom is 0.238 e. The van der Waals surface area contributed by atoms with Crippen LogP contribution in [0.1, 0.15) is 30.6 Å². The van der Waals surface area contributed by atoms with E-state index in [1.165, 1.54) is 30.6 Å². The third kappa shape index (κ3) is 4.82. The first-order valence-corrected chi connectivity index (χ1v) is 9.58. The second kappa shape index (κ2) is 8.85. The van der Waals surface area contributed by atoms with Crippen molar-refractivity contribution in [3.05, 3.63) is 46.7 Å². The lowest BCUT2D eigenvalue weighted by molar-refractivity contribution is -0.115. The molecule has 1 saturated heterocycles. The largest absolute Gasteiger partial charge is 0.370 e. The summed E-state index contributed by atoms with van der Waals surface area (Å²) in [6.07, 6.45) is 5.06. The van der Waals surface area contributed by atoms with Gasteiger partial charge in [-0.1, -0.05) is 31.0 Å². The predicted molar refractivity (Wildman–Crippen MR) is 102 cm³/mol. The highest BCUT2D eigenvalue weighted by Crippen LogP contribution is 2.27. The van der Waals surface area contributed by atoms with Crippen molar-refractivity contribution in [1.29, 1.82) is 0 Å². The van der Waals surface area contributed by atoms with E-state index in [4.69, 9.17) is 0 Å². The fourth-order valence-electron chi connectivity index (χ4n) is 3.07. The van der Waals surface area contributed by atoms with Crippen LogP contribution in [0.25, 0.3) is 0 Å². The number of nitrogens with zero attached hydrogens (tertiary/aromatic N) is 1. The van der Waals surface area contributed by atoms with Crippen molar-refractivity contribution in [3.63, 3.8) is 0 Å². The van der Waals surface area contributed by atoms with Gasteiger partial charge in [-0.15, -0.1) is 11.3 Å². The number of amides is 1. The highest BCUT2D eigenvalue weighted by molar-refractivity contribution is 7.09. The van der Waals surface area contributed by atoms with Crippen LogP contribution in [0.4, 0.5) is 11.4 Å². The number of nitrogens with one attached hydrogen (secondary N) is 2. The Bertz CT molecular complexity index is 634. The molecular formula is C19H25N3OS. The lowest BCUT2D eigenvalue weighted by Gasteiger charge is -2.25. The van der Waals surface area contributed by atoms with Crippen molar-refractivity contribution in [1.82, 2.24) is 5.32 Å². The molecule has 1 amide bonds. The summed E-state index contributed by atoms with van der Waals surface area (Å²) in [5.41, 5.74) is 2.06. The van der Waals surface area contributed by atoms with Gasteiger partial charge in [-0.2, -0.15) is 0 Å². The molecule has 0 aliphatic carbocycles. The number of para-hydroxylation sites is 2. The number of hydrogen-bond donors (Lipinski definition) is 2. The number of hydrogen-bond acceptors (Lipinski definition) is 4. The number of carbonyl (C=O) groups is 1. The molecule has 2 N–H and O–H groups in total. The van der Waals surface area contributed by atoms with Gasteiger partial charge in [0, 0.05) is 24.5 Å². The second-order valence-corrected chi connectivity index (χ2v) is 7.18. The molecule has 2 aromatic rings. The van der Waals surface area contributed by atoms with E-state index in [1.54, 1.807) is 11.3 Å². The summed E-state index contributed by atoms with van der Waals surface area (Å²) in [5.74, 6) is 0.00817. The molecule has 0 unspecified atom stereocenters. The van der Waals surface area contributed by atoms with Crippen LogP contribution in [0, 0.1) is 0 Å². The van der Waals surface area contributed by atoms with Crippen LogP contribution in [0.2, 0.25) is 0 Å². The van der Waals surface area contributed by atoms with Crippen LogP contribution in [0.5, 0.6) is 0 Å². The van der Waals surface area contributed by atoms with Crippen molar-refractivity contribution >= 4 is 28.6 Å². The van der Waals surface area contributed by atoms with E-state index in [0.717, 1.165) is 31.0 Å². The molecule has 1 aromatic heterocycles. The molecule has 5 heteroatoms. The lowest BCUT2D eigenvalue weighted by Crippen LogP contribution is -2.29. The number of benzene rings is 1. The molecule has 0 radical (unpaired) electrons. The number of anilines is 2. The molecule has 1 aromatic carbocycles. The van der Waals surface area contributed by atoms with Crippen LogP contribution < -0.4 is 15.5 Å². The Morgan fingerprint density at radius 1 is 1.04 bits per heavy atom. The summed E-state index contributed by atoms with van der Waals surface area (Å²) < 4.78 is 0. The summed E-state index contributed by atoms with van der Waals surface area (Å²) in [4.78, 5) is 15.9. The van der Waals surface area contributed by atoms with E-state index in [0.29, 0.717) is 6.54 Å². The van der Waals surface area contributed by atoms with Crippen LogP contribution in [-0.2, 0) is 11.3 Å². The normalized spacial score (nSPS) is 15.1. The first-order valence-electron chi connectivity index (χ1n) is 8.70. The lowest BCUT2D eigenvalue weighted by atomic mass is 10.2. The summed E-state index contributed by atoms with van der Waals surface area (Å²) in [6.45, 7) is 3.21. The van der Waals surface area contributed by atoms with Gasteiger partial charge in [-0.25, -0.2) is 0 Å². The van der Waals surface area contributed by atoms with Crippen LogP contribution in [0.15, 0.2) is 41.8 Å². The van der Waals surface area contributed by atoms with E-state index >= 15 is 0 Å². The highest BCUT2D eigenvalue weighted by Gasteiger charge is 2.14. The van der Waals surface area contributed by atoms with Crippen molar-refractivity contribution in [2.45, 2.75) is 32.2 Å². The molecule has 3 rings (SSSR count). The van der Waals surface area contributed by atoms with Gasteiger partial charge in [0.15, 0.2) is 0 Å². The smallest absolute Gasteiger partial charge is 0.238 e.